The van der Waals surface area contributed by atoms with E-state index in [0.29, 0.717) is 47.3 Å². The van der Waals surface area contributed by atoms with Gasteiger partial charge in [-0.3, -0.25) is 0 Å². The highest BCUT2D eigenvalue weighted by molar-refractivity contribution is 9.10. The Morgan fingerprint density at radius 3 is 2.38 bits per heavy atom. The first-order chi connectivity index (χ1) is 19.1. The van der Waals surface area contributed by atoms with Gasteiger partial charge < -0.3 is 24.7 Å². The van der Waals surface area contributed by atoms with Crippen molar-refractivity contribution in [1.29, 1.82) is 10.5 Å². The van der Waals surface area contributed by atoms with E-state index in [4.69, 9.17) is 29.9 Å². The molecule has 39 heavy (non-hydrogen) atoms. The summed E-state index contributed by atoms with van der Waals surface area (Å²) in [6.45, 7) is 1.74. The second kappa shape index (κ2) is 11.9. The lowest BCUT2D eigenvalue weighted by atomic mass is 9.96. The van der Waals surface area contributed by atoms with Crippen molar-refractivity contribution < 1.29 is 18.9 Å². The highest BCUT2D eigenvalue weighted by Crippen LogP contribution is 2.37. The van der Waals surface area contributed by atoms with Crippen molar-refractivity contribution in [3.05, 3.63) is 105 Å². The van der Waals surface area contributed by atoms with Gasteiger partial charge in [0.15, 0.2) is 11.5 Å². The van der Waals surface area contributed by atoms with Crippen LogP contribution in [0.1, 0.15) is 27.8 Å². The summed E-state index contributed by atoms with van der Waals surface area (Å²) in [6.07, 6.45) is 0. The highest BCUT2D eigenvalue weighted by Gasteiger charge is 2.17. The maximum Gasteiger partial charge on any atom is 0.161 e. The molecule has 5 rings (SSSR count). The molecule has 4 aromatic carbocycles. The van der Waals surface area contributed by atoms with Crippen LogP contribution in [0.3, 0.4) is 0 Å². The molecule has 1 aliphatic rings. The minimum Gasteiger partial charge on any atom is -0.488 e. The molecule has 0 amide bonds. The molecule has 0 saturated carbocycles. The molecule has 0 spiro atoms. The zero-order valence-corrected chi connectivity index (χ0v) is 22.5. The predicted molar refractivity (Wildman–Crippen MR) is 149 cm³/mol. The Kier molecular flexibility index (Phi) is 7.98. The van der Waals surface area contributed by atoms with Gasteiger partial charge in [-0.2, -0.15) is 10.5 Å². The molecule has 0 atom stereocenters. The monoisotopic (exact) mass is 581 g/mol. The topological polar surface area (TPSA) is 111 Å². The molecule has 2 N–H and O–H groups in total. The second-order valence-corrected chi connectivity index (χ2v) is 9.65. The van der Waals surface area contributed by atoms with Gasteiger partial charge in [-0.25, -0.2) is 0 Å². The maximum atomic E-state index is 10.1. The number of rotatable bonds is 8. The first kappa shape index (κ1) is 26.1. The molecule has 8 heteroatoms. The average Bonchev–Trinajstić information content (AvgIpc) is 2.99. The van der Waals surface area contributed by atoms with Gasteiger partial charge in [-0.05, 0) is 63.0 Å². The minimum absolute atomic E-state index is 0.172. The third-order valence-electron chi connectivity index (χ3n) is 6.28. The molecule has 7 nitrogen and oxygen atoms in total. The number of hydrogen-bond donors (Lipinski definition) is 1. The second-order valence-electron chi connectivity index (χ2n) is 8.79. The smallest absolute Gasteiger partial charge is 0.161 e. The van der Waals surface area contributed by atoms with Gasteiger partial charge in [0, 0.05) is 23.7 Å². The summed E-state index contributed by atoms with van der Waals surface area (Å²) in [5.74, 6) is 2.51. The Morgan fingerprint density at radius 2 is 1.59 bits per heavy atom. The first-order valence-corrected chi connectivity index (χ1v) is 13.1. The number of ether oxygens (including phenoxy) is 4. The molecule has 1 heterocycles. The molecule has 0 unspecified atom stereocenters. The minimum atomic E-state index is 0.172. The lowest BCUT2D eigenvalue weighted by molar-refractivity contribution is 0.171. The zero-order chi connectivity index (χ0) is 27.2. The molecule has 1 aliphatic heterocycles. The summed E-state index contributed by atoms with van der Waals surface area (Å²) in [4.78, 5) is 0. The summed E-state index contributed by atoms with van der Waals surface area (Å²) in [5.41, 5.74) is 11.1. The van der Waals surface area contributed by atoms with Crippen LogP contribution in [0.4, 0.5) is 0 Å². The van der Waals surface area contributed by atoms with Crippen LogP contribution >= 0.6 is 15.9 Å². The van der Waals surface area contributed by atoms with Crippen LogP contribution in [0.5, 0.6) is 23.0 Å². The fourth-order valence-corrected chi connectivity index (χ4v) is 4.84. The summed E-state index contributed by atoms with van der Waals surface area (Å²) < 4.78 is 24.3. The molecule has 0 fully saturated rings. The van der Waals surface area contributed by atoms with Gasteiger partial charge in [-0.15, -0.1) is 0 Å². The van der Waals surface area contributed by atoms with Gasteiger partial charge in [0.2, 0.25) is 0 Å². The molecule has 194 valence electrons. The number of hydrogen-bond acceptors (Lipinski definition) is 7. The van der Waals surface area contributed by atoms with Crippen LogP contribution in [0.25, 0.3) is 11.1 Å². The summed E-state index contributed by atoms with van der Waals surface area (Å²) in [5, 5.41) is 19.2. The van der Waals surface area contributed by atoms with Crippen LogP contribution < -0.4 is 24.7 Å². The van der Waals surface area contributed by atoms with E-state index in [2.05, 4.69) is 28.1 Å². The van der Waals surface area contributed by atoms with Crippen molar-refractivity contribution in [2.24, 2.45) is 5.73 Å². The van der Waals surface area contributed by atoms with E-state index in [9.17, 15) is 5.26 Å². The number of benzene rings is 4. The predicted octanol–water partition coefficient (Wildman–Crippen LogP) is 6.25. The largest absolute Gasteiger partial charge is 0.488 e. The Bertz CT molecular complexity index is 1610. The van der Waals surface area contributed by atoms with Crippen molar-refractivity contribution in [2.45, 2.75) is 19.8 Å². The van der Waals surface area contributed by atoms with Gasteiger partial charge in [-0.1, -0.05) is 36.4 Å². The van der Waals surface area contributed by atoms with Crippen LogP contribution in [-0.2, 0) is 19.8 Å². The van der Waals surface area contributed by atoms with E-state index >= 15 is 0 Å². The molecule has 0 radical (unpaired) electrons. The van der Waals surface area contributed by atoms with Crippen LogP contribution in [-0.4, -0.2) is 13.2 Å². The number of nitrogens with two attached hydrogens (primary N) is 1. The number of halogens is 1. The van der Waals surface area contributed by atoms with Crippen LogP contribution in [0.15, 0.2) is 77.3 Å². The van der Waals surface area contributed by atoms with Crippen LogP contribution in [0.2, 0.25) is 0 Å². The van der Waals surface area contributed by atoms with Gasteiger partial charge in [0.25, 0.3) is 0 Å². The standard InChI is InChI=1S/C31H24BrN3O4/c32-27-12-24(16-34)29(38-18-21-4-1-3-20(11-21)15-33)14-30(27)39-19-23-5-2-6-25(26(23)17-35)22-7-8-28-31(13-22)37-10-9-36-28/h1-8,11-14H,9-10,16,18-19,34H2. The lowest BCUT2D eigenvalue weighted by Gasteiger charge is -2.19. The Labute approximate surface area is 235 Å². The Balaban J connectivity index is 1.37. The molecule has 0 aromatic heterocycles. The van der Waals surface area contributed by atoms with Gasteiger partial charge in [0.1, 0.15) is 44.0 Å². The van der Waals surface area contributed by atoms with E-state index in [1.54, 1.807) is 18.2 Å². The first-order valence-electron chi connectivity index (χ1n) is 12.3. The zero-order valence-electron chi connectivity index (χ0n) is 20.9. The molecule has 0 saturated heterocycles. The molecule has 4 aromatic rings. The van der Waals surface area contributed by atoms with Crippen molar-refractivity contribution in [3.63, 3.8) is 0 Å². The number of fused-ring (bicyclic) bond motifs is 1. The fraction of sp³-hybridized carbons (Fsp3) is 0.161. The van der Waals surface area contributed by atoms with E-state index in [0.717, 1.165) is 32.3 Å². The van der Waals surface area contributed by atoms with Crippen molar-refractivity contribution in [3.8, 4) is 46.3 Å². The summed E-state index contributed by atoms with van der Waals surface area (Å²) in [7, 11) is 0. The molecule has 0 aliphatic carbocycles. The normalized spacial score (nSPS) is 11.8. The molecule has 0 bridgehead atoms. The highest BCUT2D eigenvalue weighted by atomic mass is 79.9. The number of nitrogens with zero attached hydrogens (tertiary/aromatic N) is 2. The van der Waals surface area contributed by atoms with E-state index in [-0.39, 0.29) is 19.8 Å². The third kappa shape index (κ3) is 5.83. The SMILES string of the molecule is N#Cc1cccc(COc2cc(OCc3cccc(-c4ccc5c(c4)OCCO5)c3C#N)c(Br)cc2CN)c1. The van der Waals surface area contributed by atoms with Crippen molar-refractivity contribution >= 4 is 15.9 Å². The molecular formula is C31H24BrN3O4. The van der Waals surface area contributed by atoms with E-state index < -0.39 is 0 Å². The average molecular weight is 582 g/mol. The summed E-state index contributed by atoms with van der Waals surface area (Å²) >= 11 is 3.57. The Morgan fingerprint density at radius 1 is 0.795 bits per heavy atom. The maximum absolute atomic E-state index is 10.1. The van der Waals surface area contributed by atoms with Crippen LogP contribution in [0, 0.1) is 22.7 Å². The van der Waals surface area contributed by atoms with Gasteiger partial charge in [0.05, 0.1) is 21.7 Å². The fourth-order valence-electron chi connectivity index (χ4n) is 4.33. The van der Waals surface area contributed by atoms with Crippen molar-refractivity contribution in [1.82, 2.24) is 0 Å². The van der Waals surface area contributed by atoms with Crippen molar-refractivity contribution in [2.75, 3.05) is 13.2 Å². The molecular weight excluding hydrogens is 558 g/mol. The number of nitriles is 2. The van der Waals surface area contributed by atoms with E-state index in [1.165, 1.54) is 0 Å². The Hall–Kier alpha value is -4.50. The quantitative estimate of drug-likeness (QED) is 0.262. The third-order valence-corrected chi connectivity index (χ3v) is 6.90. The van der Waals surface area contributed by atoms with Gasteiger partial charge >= 0.3 is 0 Å². The van der Waals surface area contributed by atoms with E-state index in [1.807, 2.05) is 54.6 Å². The summed E-state index contributed by atoms with van der Waals surface area (Å²) in [6, 6.07) is 26.8. The lowest BCUT2D eigenvalue weighted by Crippen LogP contribution is -2.15.